The van der Waals surface area contributed by atoms with E-state index in [0.29, 0.717) is 5.56 Å². The minimum Gasteiger partial charge on any atom is -0.384 e. The van der Waals surface area contributed by atoms with E-state index in [4.69, 9.17) is 0 Å². The summed E-state index contributed by atoms with van der Waals surface area (Å²) in [7, 11) is 0. The topological polar surface area (TPSA) is 41.1 Å². The van der Waals surface area contributed by atoms with Crippen LogP contribution >= 0.6 is 0 Å². The summed E-state index contributed by atoms with van der Waals surface area (Å²) in [4.78, 5) is 12.1. The van der Waals surface area contributed by atoms with Gasteiger partial charge in [-0.3, -0.25) is 4.79 Å². The summed E-state index contributed by atoms with van der Waals surface area (Å²) in [6, 6.07) is 8.75. The number of amides is 1. The summed E-state index contributed by atoms with van der Waals surface area (Å²) >= 11 is 0. The van der Waals surface area contributed by atoms with Crippen LogP contribution in [0.25, 0.3) is 0 Å². The largest absolute Gasteiger partial charge is 0.384 e. The van der Waals surface area contributed by atoms with Gasteiger partial charge in [0.1, 0.15) is 11.6 Å². The van der Waals surface area contributed by atoms with E-state index in [1.807, 2.05) is 12.1 Å². The predicted molar refractivity (Wildman–Crippen MR) is 76.2 cm³/mol. The van der Waals surface area contributed by atoms with Gasteiger partial charge in [-0.15, -0.1) is 0 Å². The van der Waals surface area contributed by atoms with E-state index in [2.05, 4.69) is 10.6 Å². The van der Waals surface area contributed by atoms with Crippen molar-refractivity contribution in [2.75, 3.05) is 11.9 Å². The average Bonchev–Trinajstić information content (AvgIpc) is 2.93. The van der Waals surface area contributed by atoms with Gasteiger partial charge in [0.15, 0.2) is 0 Å². The lowest BCUT2D eigenvalue weighted by Crippen LogP contribution is -2.23. The first kappa shape index (κ1) is 13.5. The fraction of sp³-hybridized carbons (Fsp3) is 0.188. The minimum atomic E-state index is -0.659. The van der Waals surface area contributed by atoms with Crippen LogP contribution in [0.4, 0.5) is 14.5 Å². The van der Waals surface area contributed by atoms with Gasteiger partial charge in [0.2, 0.25) is 0 Å². The highest BCUT2D eigenvalue weighted by atomic mass is 19.1. The van der Waals surface area contributed by atoms with Gasteiger partial charge in [-0.05, 0) is 36.2 Å². The van der Waals surface area contributed by atoms with Gasteiger partial charge in [0.25, 0.3) is 5.91 Å². The highest BCUT2D eigenvalue weighted by Gasteiger charge is 2.13. The van der Waals surface area contributed by atoms with E-state index in [0.717, 1.165) is 30.3 Å². The van der Waals surface area contributed by atoms with Crippen LogP contribution in [0.5, 0.6) is 0 Å². The molecule has 1 aliphatic rings. The Bertz CT molecular complexity index is 701. The molecule has 2 aromatic carbocycles. The second-order valence-corrected chi connectivity index (χ2v) is 4.97. The van der Waals surface area contributed by atoms with Crippen LogP contribution in [0.15, 0.2) is 36.4 Å². The molecule has 2 N–H and O–H groups in total. The number of carbonyl (C=O) groups is 1. The fourth-order valence-electron chi connectivity index (χ4n) is 2.39. The Morgan fingerprint density at radius 3 is 2.86 bits per heavy atom. The van der Waals surface area contributed by atoms with Crippen LogP contribution in [0.3, 0.4) is 0 Å². The molecule has 0 unspecified atom stereocenters. The lowest BCUT2D eigenvalue weighted by molar-refractivity contribution is 0.0950. The molecule has 0 saturated carbocycles. The second-order valence-electron chi connectivity index (χ2n) is 4.97. The summed E-state index contributed by atoms with van der Waals surface area (Å²) in [5.41, 5.74) is 2.96. The maximum Gasteiger partial charge on any atom is 0.251 e. The van der Waals surface area contributed by atoms with Crippen LogP contribution in [-0.4, -0.2) is 12.5 Å². The third kappa shape index (κ3) is 2.86. The monoisotopic (exact) mass is 288 g/mol. The molecular weight excluding hydrogens is 274 g/mol. The van der Waals surface area contributed by atoms with E-state index in [9.17, 15) is 13.6 Å². The third-order valence-electron chi connectivity index (χ3n) is 3.53. The minimum absolute atomic E-state index is 0.0281. The number of anilines is 1. The predicted octanol–water partition coefficient (Wildman–Crippen LogP) is 2.86. The molecule has 0 bridgehead atoms. The van der Waals surface area contributed by atoms with Crippen LogP contribution in [0, 0.1) is 11.6 Å². The highest BCUT2D eigenvalue weighted by molar-refractivity contribution is 5.95. The van der Waals surface area contributed by atoms with E-state index in [1.165, 1.54) is 12.1 Å². The Kier molecular flexibility index (Phi) is 3.56. The van der Waals surface area contributed by atoms with Crippen LogP contribution in [-0.2, 0) is 13.0 Å². The molecule has 1 aliphatic heterocycles. The zero-order valence-corrected chi connectivity index (χ0v) is 11.2. The third-order valence-corrected chi connectivity index (χ3v) is 3.53. The molecule has 0 spiro atoms. The summed E-state index contributed by atoms with van der Waals surface area (Å²) in [6.45, 7) is 0.904. The molecule has 0 aliphatic carbocycles. The van der Waals surface area contributed by atoms with Crippen molar-refractivity contribution >= 4 is 11.6 Å². The lowest BCUT2D eigenvalue weighted by atomic mass is 10.1. The summed E-state index contributed by atoms with van der Waals surface area (Å²) < 4.78 is 26.3. The summed E-state index contributed by atoms with van der Waals surface area (Å²) in [6.07, 6.45) is 0.892. The standard InChI is InChI=1S/C16H14F2N2O/c17-13-3-1-12(14(18)8-13)9-20-16(21)11-2-4-15-10(7-11)5-6-19-15/h1-4,7-8,19H,5-6,9H2,(H,20,21). The zero-order chi connectivity index (χ0) is 14.8. The van der Waals surface area contributed by atoms with Gasteiger partial charge < -0.3 is 10.6 Å². The van der Waals surface area contributed by atoms with Crippen molar-refractivity contribution in [3.63, 3.8) is 0 Å². The normalized spacial score (nSPS) is 12.7. The summed E-state index contributed by atoms with van der Waals surface area (Å²) in [5, 5.41) is 5.86. The van der Waals surface area contributed by atoms with Gasteiger partial charge in [-0.2, -0.15) is 0 Å². The van der Waals surface area contributed by atoms with Crippen molar-refractivity contribution in [3.8, 4) is 0 Å². The molecule has 3 rings (SSSR count). The van der Waals surface area contributed by atoms with Crippen LogP contribution < -0.4 is 10.6 Å². The number of nitrogens with one attached hydrogen (secondary N) is 2. The van der Waals surface area contributed by atoms with Crippen molar-refractivity contribution in [1.29, 1.82) is 0 Å². The van der Waals surface area contributed by atoms with Crippen molar-refractivity contribution < 1.29 is 13.6 Å². The van der Waals surface area contributed by atoms with Crippen molar-refractivity contribution in [2.45, 2.75) is 13.0 Å². The van der Waals surface area contributed by atoms with E-state index in [-0.39, 0.29) is 18.0 Å². The molecule has 2 aromatic rings. The molecule has 3 nitrogen and oxygen atoms in total. The number of hydrogen-bond acceptors (Lipinski definition) is 2. The number of carbonyl (C=O) groups excluding carboxylic acids is 1. The second kappa shape index (κ2) is 5.52. The molecular formula is C16H14F2N2O. The zero-order valence-electron chi connectivity index (χ0n) is 11.2. The lowest BCUT2D eigenvalue weighted by Gasteiger charge is -2.08. The Morgan fingerprint density at radius 1 is 1.19 bits per heavy atom. The number of benzene rings is 2. The van der Waals surface area contributed by atoms with Crippen molar-refractivity contribution in [1.82, 2.24) is 5.32 Å². The maximum absolute atomic E-state index is 13.5. The first-order valence-electron chi connectivity index (χ1n) is 6.72. The SMILES string of the molecule is O=C(NCc1ccc(F)cc1F)c1ccc2c(c1)CCN2. The fourth-order valence-corrected chi connectivity index (χ4v) is 2.39. The number of hydrogen-bond donors (Lipinski definition) is 2. The molecule has 0 atom stereocenters. The Labute approximate surface area is 121 Å². The average molecular weight is 288 g/mol. The number of fused-ring (bicyclic) bond motifs is 1. The van der Waals surface area contributed by atoms with Crippen molar-refractivity contribution in [3.05, 3.63) is 64.7 Å². The highest BCUT2D eigenvalue weighted by Crippen LogP contribution is 2.23. The van der Waals surface area contributed by atoms with Crippen LogP contribution in [0.2, 0.25) is 0 Å². The molecule has 5 heteroatoms. The Balaban J connectivity index is 1.69. The quantitative estimate of drug-likeness (QED) is 0.912. The molecule has 108 valence electrons. The van der Waals surface area contributed by atoms with Crippen molar-refractivity contribution in [2.24, 2.45) is 0 Å². The summed E-state index contributed by atoms with van der Waals surface area (Å²) in [5.74, 6) is -1.56. The Morgan fingerprint density at radius 2 is 2.05 bits per heavy atom. The Hall–Kier alpha value is -2.43. The molecule has 1 heterocycles. The van der Waals surface area contributed by atoms with E-state index < -0.39 is 11.6 Å². The maximum atomic E-state index is 13.5. The molecule has 0 fully saturated rings. The molecule has 0 saturated heterocycles. The molecule has 0 radical (unpaired) electrons. The van der Waals surface area contributed by atoms with Gasteiger partial charge >= 0.3 is 0 Å². The van der Waals surface area contributed by atoms with Gasteiger partial charge in [-0.1, -0.05) is 6.07 Å². The van der Waals surface area contributed by atoms with E-state index in [1.54, 1.807) is 6.07 Å². The van der Waals surface area contributed by atoms with Gasteiger partial charge in [-0.25, -0.2) is 8.78 Å². The first-order valence-corrected chi connectivity index (χ1v) is 6.72. The smallest absolute Gasteiger partial charge is 0.251 e. The first-order chi connectivity index (χ1) is 10.1. The molecule has 21 heavy (non-hydrogen) atoms. The van der Waals surface area contributed by atoms with Gasteiger partial charge in [0.05, 0.1) is 0 Å². The molecule has 0 aromatic heterocycles. The van der Waals surface area contributed by atoms with Gasteiger partial charge in [0, 0.05) is 36.0 Å². The number of halogens is 2. The van der Waals surface area contributed by atoms with E-state index >= 15 is 0 Å². The van der Waals surface area contributed by atoms with Crippen LogP contribution in [0.1, 0.15) is 21.5 Å². The number of rotatable bonds is 3. The molecule has 1 amide bonds.